The second kappa shape index (κ2) is 5.77. The highest BCUT2D eigenvalue weighted by atomic mass is 32.1. The molecule has 1 unspecified atom stereocenters. The van der Waals surface area contributed by atoms with E-state index in [2.05, 4.69) is 9.97 Å². The van der Waals surface area contributed by atoms with E-state index in [9.17, 15) is 0 Å². The first kappa shape index (κ1) is 13.3. The summed E-state index contributed by atoms with van der Waals surface area (Å²) in [5.74, 6) is 1.40. The van der Waals surface area contributed by atoms with Gasteiger partial charge in [-0.2, -0.15) is 0 Å². The Labute approximate surface area is 127 Å². The van der Waals surface area contributed by atoms with Crippen LogP contribution in [-0.2, 0) is 4.74 Å². The Balaban J connectivity index is 1.40. The van der Waals surface area contributed by atoms with Crippen molar-refractivity contribution in [2.45, 2.75) is 31.8 Å². The molecule has 2 fully saturated rings. The Morgan fingerprint density at radius 2 is 2.05 bits per heavy atom. The van der Waals surface area contributed by atoms with Gasteiger partial charge in [0.1, 0.15) is 12.1 Å². The first-order valence-corrected chi connectivity index (χ1v) is 8.33. The van der Waals surface area contributed by atoms with Gasteiger partial charge in [0.15, 0.2) is 4.83 Å². The van der Waals surface area contributed by atoms with E-state index in [1.165, 1.54) is 30.6 Å². The average molecular weight is 306 g/mol. The van der Waals surface area contributed by atoms with Crippen LogP contribution in [0.1, 0.15) is 25.7 Å². The number of pyridine rings is 1. The molecule has 1 saturated heterocycles. The zero-order valence-electron chi connectivity index (χ0n) is 11.8. The van der Waals surface area contributed by atoms with E-state index in [4.69, 9.17) is 14.2 Å². The van der Waals surface area contributed by atoms with Crippen molar-refractivity contribution in [3.63, 3.8) is 0 Å². The number of aromatic nitrogens is 2. The number of ether oxygens (including phenoxy) is 3. The van der Waals surface area contributed by atoms with Crippen molar-refractivity contribution in [3.8, 4) is 11.1 Å². The van der Waals surface area contributed by atoms with Crippen molar-refractivity contribution in [3.05, 3.63) is 12.1 Å². The molecule has 1 saturated carbocycles. The van der Waals surface area contributed by atoms with Gasteiger partial charge < -0.3 is 14.2 Å². The fourth-order valence-electron chi connectivity index (χ4n) is 2.37. The third kappa shape index (κ3) is 2.96. The van der Waals surface area contributed by atoms with Gasteiger partial charge in [0.05, 0.1) is 12.7 Å². The largest absolute Gasteiger partial charge is 0.477 e. The molecule has 112 valence electrons. The molecule has 0 N–H and O–H groups in total. The zero-order chi connectivity index (χ0) is 14.1. The molecule has 0 amide bonds. The van der Waals surface area contributed by atoms with Crippen molar-refractivity contribution in [2.75, 3.05) is 19.8 Å². The van der Waals surface area contributed by atoms with Crippen LogP contribution < -0.4 is 9.47 Å². The fraction of sp³-hybridized carbons (Fsp3) is 0.600. The minimum Gasteiger partial charge on any atom is -0.477 e. The van der Waals surface area contributed by atoms with Gasteiger partial charge >= 0.3 is 0 Å². The molecular formula is C15H18N2O3S. The summed E-state index contributed by atoms with van der Waals surface area (Å²) in [5, 5.41) is 0.657. The average Bonchev–Trinajstić information content (AvgIpc) is 2.77. The summed E-state index contributed by atoms with van der Waals surface area (Å²) in [7, 11) is 0. The van der Waals surface area contributed by atoms with Crippen molar-refractivity contribution in [2.24, 2.45) is 5.92 Å². The van der Waals surface area contributed by atoms with Gasteiger partial charge in [-0.15, -0.1) is 0 Å². The van der Waals surface area contributed by atoms with Crippen molar-refractivity contribution in [1.29, 1.82) is 0 Å². The van der Waals surface area contributed by atoms with Crippen LogP contribution in [0.15, 0.2) is 12.1 Å². The summed E-state index contributed by atoms with van der Waals surface area (Å²) in [6.07, 6.45) is 5.20. The number of thiazole rings is 1. The first-order chi connectivity index (χ1) is 10.4. The number of fused-ring (bicyclic) bond motifs is 1. The van der Waals surface area contributed by atoms with Crippen LogP contribution in [0, 0.1) is 5.92 Å². The predicted octanol–water partition coefficient (Wildman–Crippen LogP) is 3.04. The van der Waals surface area contributed by atoms with E-state index in [1.54, 1.807) is 0 Å². The maximum Gasteiger partial charge on any atom is 0.275 e. The van der Waals surface area contributed by atoms with Crippen LogP contribution in [0.4, 0.5) is 0 Å². The van der Waals surface area contributed by atoms with E-state index in [0.717, 1.165) is 30.0 Å². The molecule has 0 spiro atoms. The molecule has 21 heavy (non-hydrogen) atoms. The lowest BCUT2D eigenvalue weighted by Crippen LogP contribution is -2.32. The highest BCUT2D eigenvalue weighted by Crippen LogP contribution is 2.30. The smallest absolute Gasteiger partial charge is 0.275 e. The molecule has 0 radical (unpaired) electrons. The fourth-order valence-corrected chi connectivity index (χ4v) is 3.16. The minimum atomic E-state index is 0.228. The van der Waals surface area contributed by atoms with Gasteiger partial charge in [-0.1, -0.05) is 17.8 Å². The Morgan fingerprint density at radius 3 is 2.76 bits per heavy atom. The first-order valence-electron chi connectivity index (χ1n) is 7.51. The van der Waals surface area contributed by atoms with E-state index in [1.807, 2.05) is 12.1 Å². The van der Waals surface area contributed by atoms with E-state index in [0.29, 0.717) is 23.6 Å². The topological polar surface area (TPSA) is 53.5 Å². The highest BCUT2D eigenvalue weighted by Gasteiger charge is 2.20. The van der Waals surface area contributed by atoms with Gasteiger partial charge in [-0.25, -0.2) is 9.97 Å². The standard InChI is InChI=1S/C15H18N2O3S/c1-2-10(3-1)8-19-13-5-4-12-14(17-13)21-15(16-12)20-9-11-6-7-18-11/h4-5,10-11H,1-3,6-9H2. The van der Waals surface area contributed by atoms with E-state index in [-0.39, 0.29) is 6.10 Å². The molecule has 6 heteroatoms. The van der Waals surface area contributed by atoms with E-state index < -0.39 is 0 Å². The summed E-state index contributed by atoms with van der Waals surface area (Å²) in [5.41, 5.74) is 0.862. The van der Waals surface area contributed by atoms with Crippen LogP contribution in [0.25, 0.3) is 10.3 Å². The van der Waals surface area contributed by atoms with Gasteiger partial charge in [0.2, 0.25) is 5.88 Å². The maximum atomic E-state index is 5.76. The quantitative estimate of drug-likeness (QED) is 0.821. The number of hydrogen-bond donors (Lipinski definition) is 0. The predicted molar refractivity (Wildman–Crippen MR) is 80.1 cm³/mol. The Kier molecular flexibility index (Phi) is 3.65. The third-order valence-corrected chi connectivity index (χ3v) is 4.97. The molecular weight excluding hydrogens is 288 g/mol. The number of hydrogen-bond acceptors (Lipinski definition) is 6. The summed E-state index contributed by atoms with van der Waals surface area (Å²) in [6.45, 7) is 2.20. The second-order valence-electron chi connectivity index (χ2n) is 5.65. The molecule has 2 aromatic heterocycles. The Hall–Kier alpha value is -1.40. The molecule has 1 aliphatic heterocycles. The number of rotatable bonds is 6. The molecule has 1 atom stereocenters. The third-order valence-electron chi connectivity index (χ3n) is 4.09. The molecule has 2 aromatic rings. The lowest BCUT2D eigenvalue weighted by molar-refractivity contribution is -0.0720. The summed E-state index contributed by atoms with van der Waals surface area (Å²) < 4.78 is 16.8. The monoisotopic (exact) mass is 306 g/mol. The molecule has 0 bridgehead atoms. The molecule has 2 aliphatic rings. The Bertz CT molecular complexity index is 606. The second-order valence-corrected chi connectivity index (χ2v) is 6.59. The van der Waals surface area contributed by atoms with Crippen LogP contribution in [0.2, 0.25) is 0 Å². The summed E-state index contributed by atoms with van der Waals surface area (Å²) >= 11 is 1.46. The van der Waals surface area contributed by atoms with Crippen LogP contribution in [-0.4, -0.2) is 35.9 Å². The van der Waals surface area contributed by atoms with Crippen molar-refractivity contribution >= 4 is 21.7 Å². The molecule has 5 nitrogen and oxygen atoms in total. The van der Waals surface area contributed by atoms with Crippen molar-refractivity contribution in [1.82, 2.24) is 9.97 Å². The highest BCUT2D eigenvalue weighted by molar-refractivity contribution is 7.19. The zero-order valence-corrected chi connectivity index (χ0v) is 12.6. The Morgan fingerprint density at radius 1 is 1.14 bits per heavy atom. The van der Waals surface area contributed by atoms with Crippen LogP contribution >= 0.6 is 11.3 Å². The molecule has 1 aliphatic carbocycles. The summed E-state index contributed by atoms with van der Waals surface area (Å²) in [4.78, 5) is 9.81. The lowest BCUT2D eigenvalue weighted by atomic mass is 9.86. The minimum absolute atomic E-state index is 0.228. The normalized spacial score (nSPS) is 21.8. The molecule has 0 aromatic carbocycles. The van der Waals surface area contributed by atoms with Gasteiger partial charge in [0, 0.05) is 19.1 Å². The van der Waals surface area contributed by atoms with Gasteiger partial charge in [-0.05, 0) is 24.8 Å². The maximum absolute atomic E-state index is 5.76. The SMILES string of the molecule is c1cc2nc(OCC3CCO3)sc2nc1OCC1CCC1. The van der Waals surface area contributed by atoms with Crippen molar-refractivity contribution < 1.29 is 14.2 Å². The molecule has 4 rings (SSSR count). The van der Waals surface area contributed by atoms with Gasteiger partial charge in [0.25, 0.3) is 5.19 Å². The number of nitrogens with zero attached hydrogens (tertiary/aromatic N) is 2. The van der Waals surface area contributed by atoms with Gasteiger partial charge in [-0.3, -0.25) is 0 Å². The van der Waals surface area contributed by atoms with Crippen LogP contribution in [0.3, 0.4) is 0 Å². The molecule has 3 heterocycles. The van der Waals surface area contributed by atoms with E-state index >= 15 is 0 Å². The lowest BCUT2D eigenvalue weighted by Gasteiger charge is -2.25. The summed E-state index contributed by atoms with van der Waals surface area (Å²) in [6, 6.07) is 3.83. The van der Waals surface area contributed by atoms with Crippen LogP contribution in [0.5, 0.6) is 11.1 Å².